The fourth-order valence-corrected chi connectivity index (χ4v) is 2.76. The molecule has 0 saturated carbocycles. The molecule has 144 valence electrons. The number of methoxy groups -OCH3 is 1. The zero-order valence-electron chi connectivity index (χ0n) is 16.0. The van der Waals surface area contributed by atoms with Crippen molar-refractivity contribution in [1.82, 2.24) is 5.06 Å². The smallest absolute Gasteiger partial charge is 0.305 e. The van der Waals surface area contributed by atoms with Gasteiger partial charge in [0.15, 0.2) is 0 Å². The second kappa shape index (κ2) is 8.68. The predicted octanol–water partition coefficient (Wildman–Crippen LogP) is 4.07. The van der Waals surface area contributed by atoms with Gasteiger partial charge >= 0.3 is 5.97 Å². The average molecular weight is 371 g/mol. The van der Waals surface area contributed by atoms with Gasteiger partial charge in [-0.1, -0.05) is 42.5 Å². The van der Waals surface area contributed by atoms with Crippen LogP contribution in [0.3, 0.4) is 0 Å². The summed E-state index contributed by atoms with van der Waals surface area (Å²) in [6.07, 6.45) is 0.260. The van der Waals surface area contributed by atoms with Crippen molar-refractivity contribution in [3.05, 3.63) is 54.1 Å². The summed E-state index contributed by atoms with van der Waals surface area (Å²) in [5.74, 6) is -0.268. The van der Waals surface area contributed by atoms with Crippen LogP contribution in [0, 0.1) is 0 Å². The van der Waals surface area contributed by atoms with Crippen LogP contribution in [-0.4, -0.2) is 35.3 Å². The lowest BCUT2D eigenvalue weighted by molar-refractivity contribution is -0.235. The number of carbonyl (C=O) groups excluding carboxylic acids is 1. The highest BCUT2D eigenvalue weighted by Gasteiger charge is 2.27. The SMILES string of the molecule is COc1ccccc1-c1ccc([C@H](CC(=O)O)N(C=O)OC(C)(C)C)cc1. The lowest BCUT2D eigenvalue weighted by atomic mass is 9.98. The number of para-hydroxylation sites is 1. The quantitative estimate of drug-likeness (QED) is 0.559. The molecule has 27 heavy (non-hydrogen) atoms. The topological polar surface area (TPSA) is 76.1 Å². The summed E-state index contributed by atoms with van der Waals surface area (Å²) in [7, 11) is 1.61. The number of ether oxygens (including phenoxy) is 1. The summed E-state index contributed by atoms with van der Waals surface area (Å²) < 4.78 is 5.39. The summed E-state index contributed by atoms with van der Waals surface area (Å²) in [6.45, 7) is 5.39. The van der Waals surface area contributed by atoms with Crippen LogP contribution in [0.2, 0.25) is 0 Å². The summed E-state index contributed by atoms with van der Waals surface area (Å²) >= 11 is 0. The Kier molecular flexibility index (Phi) is 6.58. The molecule has 0 bridgehead atoms. The molecule has 0 heterocycles. The lowest BCUT2D eigenvalue weighted by Crippen LogP contribution is -2.36. The van der Waals surface area contributed by atoms with Gasteiger partial charge in [-0.3, -0.25) is 14.4 Å². The number of carboxylic acid groups (broad SMARTS) is 1. The van der Waals surface area contributed by atoms with E-state index in [9.17, 15) is 14.7 Å². The molecule has 0 saturated heterocycles. The molecule has 2 rings (SSSR count). The van der Waals surface area contributed by atoms with Crippen LogP contribution >= 0.6 is 0 Å². The van der Waals surface area contributed by atoms with Crippen molar-refractivity contribution < 1.29 is 24.3 Å². The van der Waals surface area contributed by atoms with Gasteiger partial charge in [0, 0.05) is 5.56 Å². The monoisotopic (exact) mass is 371 g/mol. The fourth-order valence-electron chi connectivity index (χ4n) is 2.76. The van der Waals surface area contributed by atoms with Crippen LogP contribution in [0.5, 0.6) is 5.75 Å². The third-order valence-electron chi connectivity index (χ3n) is 3.87. The molecule has 6 heteroatoms. The van der Waals surface area contributed by atoms with E-state index < -0.39 is 17.6 Å². The number of amides is 1. The van der Waals surface area contributed by atoms with E-state index in [0.717, 1.165) is 21.9 Å². The molecular weight excluding hydrogens is 346 g/mol. The summed E-state index contributed by atoms with van der Waals surface area (Å²) in [5, 5.41) is 10.3. The maximum atomic E-state index is 11.5. The van der Waals surface area contributed by atoms with Crippen molar-refractivity contribution >= 4 is 12.4 Å². The minimum Gasteiger partial charge on any atom is -0.496 e. The van der Waals surface area contributed by atoms with Crippen LogP contribution in [0.25, 0.3) is 11.1 Å². The number of benzene rings is 2. The predicted molar refractivity (Wildman–Crippen MR) is 102 cm³/mol. The van der Waals surface area contributed by atoms with Crippen molar-refractivity contribution in [3.63, 3.8) is 0 Å². The number of carbonyl (C=O) groups is 2. The first-order valence-electron chi connectivity index (χ1n) is 8.63. The van der Waals surface area contributed by atoms with E-state index in [-0.39, 0.29) is 6.42 Å². The highest BCUT2D eigenvalue weighted by Crippen LogP contribution is 2.32. The molecule has 0 radical (unpaired) electrons. The number of carboxylic acids is 1. The van der Waals surface area contributed by atoms with Crippen LogP contribution < -0.4 is 4.74 Å². The second-order valence-electron chi connectivity index (χ2n) is 7.10. The molecule has 1 atom stereocenters. The number of nitrogens with zero attached hydrogens (tertiary/aromatic N) is 1. The Labute approximate surface area is 159 Å². The van der Waals surface area contributed by atoms with E-state index >= 15 is 0 Å². The van der Waals surface area contributed by atoms with Gasteiger partial charge in [0.2, 0.25) is 6.41 Å². The third-order valence-corrected chi connectivity index (χ3v) is 3.87. The minimum atomic E-state index is -1.02. The van der Waals surface area contributed by atoms with E-state index in [1.54, 1.807) is 40.0 Å². The second-order valence-corrected chi connectivity index (χ2v) is 7.10. The van der Waals surface area contributed by atoms with Crippen molar-refractivity contribution in [2.24, 2.45) is 0 Å². The van der Waals surface area contributed by atoms with Crippen LogP contribution in [-0.2, 0) is 14.4 Å². The average Bonchev–Trinajstić information content (AvgIpc) is 2.63. The first-order chi connectivity index (χ1) is 12.7. The molecule has 0 aliphatic rings. The largest absolute Gasteiger partial charge is 0.496 e. The van der Waals surface area contributed by atoms with Gasteiger partial charge < -0.3 is 9.84 Å². The minimum absolute atomic E-state index is 0.261. The molecule has 0 spiro atoms. The Hall–Kier alpha value is -2.86. The van der Waals surface area contributed by atoms with Crippen molar-refractivity contribution in [2.45, 2.75) is 38.8 Å². The third kappa shape index (κ3) is 5.56. The Balaban J connectivity index is 2.36. The van der Waals surface area contributed by atoms with Crippen LogP contribution in [0.4, 0.5) is 0 Å². The number of rotatable bonds is 8. The molecule has 1 N–H and O–H groups in total. The van der Waals surface area contributed by atoms with Gasteiger partial charge in [0.05, 0.1) is 25.2 Å². The maximum absolute atomic E-state index is 11.5. The standard InChI is InChI=1S/C21H25NO5/c1-21(2,3)27-22(14-23)18(13-20(24)25)16-11-9-15(10-12-16)17-7-5-6-8-19(17)26-4/h5-12,14,18H,13H2,1-4H3,(H,24,25)/t18-/m0/s1. The highest BCUT2D eigenvalue weighted by molar-refractivity contribution is 5.71. The molecule has 0 aromatic heterocycles. The van der Waals surface area contributed by atoms with Crippen LogP contribution in [0.15, 0.2) is 48.5 Å². The number of hydroxylamine groups is 2. The van der Waals surface area contributed by atoms with Gasteiger partial charge in [-0.15, -0.1) is 0 Å². The summed E-state index contributed by atoms with van der Waals surface area (Å²) in [4.78, 5) is 28.5. The van der Waals surface area contributed by atoms with Crippen molar-refractivity contribution in [2.75, 3.05) is 7.11 Å². The molecule has 1 amide bonds. The van der Waals surface area contributed by atoms with Crippen molar-refractivity contribution in [3.8, 4) is 16.9 Å². The fraction of sp³-hybridized carbons (Fsp3) is 0.333. The molecule has 6 nitrogen and oxygen atoms in total. The van der Waals surface area contributed by atoms with Gasteiger partial charge in [-0.25, -0.2) is 5.06 Å². The van der Waals surface area contributed by atoms with Gasteiger partial charge in [0.25, 0.3) is 0 Å². The highest BCUT2D eigenvalue weighted by atomic mass is 16.7. The molecule has 0 aliphatic carbocycles. The Morgan fingerprint density at radius 1 is 1.15 bits per heavy atom. The normalized spacial score (nSPS) is 12.3. The zero-order chi connectivity index (χ0) is 20.0. The Morgan fingerprint density at radius 2 is 1.78 bits per heavy atom. The first-order valence-corrected chi connectivity index (χ1v) is 8.63. The molecule has 2 aromatic rings. The van der Waals surface area contributed by atoms with Gasteiger partial charge in [-0.2, -0.15) is 0 Å². The van der Waals surface area contributed by atoms with Crippen LogP contribution in [0.1, 0.15) is 38.8 Å². The summed E-state index contributed by atoms with van der Waals surface area (Å²) in [6, 6.07) is 14.3. The van der Waals surface area contributed by atoms with E-state index in [0.29, 0.717) is 12.0 Å². The zero-order valence-corrected chi connectivity index (χ0v) is 16.0. The lowest BCUT2D eigenvalue weighted by Gasteiger charge is -2.32. The van der Waals surface area contributed by atoms with E-state index in [4.69, 9.17) is 9.57 Å². The van der Waals surface area contributed by atoms with Gasteiger partial charge in [0.1, 0.15) is 5.75 Å². The van der Waals surface area contributed by atoms with Crippen molar-refractivity contribution in [1.29, 1.82) is 0 Å². The Bertz CT molecular complexity index is 780. The molecule has 0 fully saturated rings. The van der Waals surface area contributed by atoms with E-state index in [2.05, 4.69) is 0 Å². The maximum Gasteiger partial charge on any atom is 0.305 e. The first kappa shape index (κ1) is 20.5. The van der Waals surface area contributed by atoms with E-state index in [1.807, 2.05) is 36.4 Å². The summed E-state index contributed by atoms with van der Waals surface area (Å²) in [5.41, 5.74) is 1.90. The molecule has 0 aliphatic heterocycles. The molecular formula is C21H25NO5. The van der Waals surface area contributed by atoms with Gasteiger partial charge in [-0.05, 0) is 38.0 Å². The van der Waals surface area contributed by atoms with E-state index in [1.165, 1.54) is 0 Å². The Morgan fingerprint density at radius 3 is 2.30 bits per heavy atom. The number of hydrogen-bond acceptors (Lipinski definition) is 4. The number of hydrogen-bond donors (Lipinski definition) is 1. The number of aliphatic carboxylic acids is 1. The molecule has 0 unspecified atom stereocenters. The molecule has 2 aromatic carbocycles.